The monoisotopic (exact) mass is 366 g/mol. The molecule has 2 aromatic carbocycles. The van der Waals surface area contributed by atoms with Crippen molar-refractivity contribution in [2.45, 2.75) is 6.92 Å². The SMILES string of the molecule is C=C(C)COc1ccc(-c2csc(Nc3cccc(C(=O)O)c3)n2)cc1. The molecule has 0 bridgehead atoms. The van der Waals surface area contributed by atoms with E-state index in [-0.39, 0.29) is 5.56 Å². The molecule has 0 saturated heterocycles. The van der Waals surface area contributed by atoms with E-state index in [9.17, 15) is 4.79 Å². The van der Waals surface area contributed by atoms with Crippen molar-refractivity contribution in [1.29, 1.82) is 0 Å². The Morgan fingerprint density at radius 2 is 2.04 bits per heavy atom. The fraction of sp³-hybridized carbons (Fsp3) is 0.100. The molecule has 0 unspecified atom stereocenters. The topological polar surface area (TPSA) is 71.5 Å². The standard InChI is InChI=1S/C20H18N2O3S/c1-13(2)11-25-17-8-6-14(7-9-17)18-12-26-20(22-18)21-16-5-3-4-15(10-16)19(23)24/h3-10,12H,1,11H2,2H3,(H,21,22)(H,23,24). The van der Waals surface area contributed by atoms with Crippen LogP contribution in [-0.2, 0) is 0 Å². The van der Waals surface area contributed by atoms with Crippen LogP contribution in [-0.4, -0.2) is 22.7 Å². The van der Waals surface area contributed by atoms with Gasteiger partial charge in [0.05, 0.1) is 11.3 Å². The lowest BCUT2D eigenvalue weighted by molar-refractivity contribution is 0.0697. The summed E-state index contributed by atoms with van der Waals surface area (Å²) in [5.41, 5.74) is 3.72. The third-order valence-corrected chi connectivity index (χ3v) is 4.26. The van der Waals surface area contributed by atoms with Gasteiger partial charge < -0.3 is 15.2 Å². The van der Waals surface area contributed by atoms with Crippen LogP contribution in [0.4, 0.5) is 10.8 Å². The normalized spacial score (nSPS) is 10.3. The second kappa shape index (κ2) is 7.84. The quantitative estimate of drug-likeness (QED) is 0.562. The van der Waals surface area contributed by atoms with Gasteiger partial charge in [-0.05, 0) is 55.0 Å². The highest BCUT2D eigenvalue weighted by atomic mass is 32.1. The lowest BCUT2D eigenvalue weighted by Gasteiger charge is -2.06. The van der Waals surface area contributed by atoms with E-state index in [4.69, 9.17) is 9.84 Å². The number of nitrogens with one attached hydrogen (secondary N) is 1. The molecule has 0 atom stereocenters. The minimum atomic E-state index is -0.956. The van der Waals surface area contributed by atoms with E-state index in [1.165, 1.54) is 11.3 Å². The Morgan fingerprint density at radius 1 is 1.27 bits per heavy atom. The Hall–Kier alpha value is -3.12. The van der Waals surface area contributed by atoms with Gasteiger partial charge in [0.2, 0.25) is 0 Å². The molecule has 1 heterocycles. The third-order valence-electron chi connectivity index (χ3n) is 3.50. The lowest BCUT2D eigenvalue weighted by Crippen LogP contribution is -1.97. The van der Waals surface area contributed by atoms with Crippen molar-refractivity contribution >= 4 is 28.1 Å². The second-order valence-electron chi connectivity index (χ2n) is 5.82. The molecule has 26 heavy (non-hydrogen) atoms. The fourth-order valence-electron chi connectivity index (χ4n) is 2.25. The van der Waals surface area contributed by atoms with E-state index >= 15 is 0 Å². The van der Waals surface area contributed by atoms with Gasteiger partial charge in [-0.3, -0.25) is 0 Å². The predicted molar refractivity (Wildman–Crippen MR) is 105 cm³/mol. The highest BCUT2D eigenvalue weighted by Gasteiger charge is 2.07. The molecule has 2 N–H and O–H groups in total. The summed E-state index contributed by atoms with van der Waals surface area (Å²) in [5.74, 6) is -0.168. The fourth-order valence-corrected chi connectivity index (χ4v) is 2.99. The number of nitrogens with zero attached hydrogens (tertiary/aromatic N) is 1. The zero-order chi connectivity index (χ0) is 18.5. The van der Waals surface area contributed by atoms with Gasteiger partial charge in [-0.25, -0.2) is 9.78 Å². The van der Waals surface area contributed by atoms with Crippen LogP contribution >= 0.6 is 11.3 Å². The summed E-state index contributed by atoms with van der Waals surface area (Å²) in [4.78, 5) is 15.6. The Balaban J connectivity index is 1.70. The second-order valence-corrected chi connectivity index (χ2v) is 6.68. The highest BCUT2D eigenvalue weighted by molar-refractivity contribution is 7.14. The number of hydrogen-bond acceptors (Lipinski definition) is 5. The maximum Gasteiger partial charge on any atom is 0.335 e. The number of rotatable bonds is 7. The summed E-state index contributed by atoms with van der Waals surface area (Å²) in [6.07, 6.45) is 0. The van der Waals surface area contributed by atoms with Crippen LogP contribution in [0, 0.1) is 0 Å². The van der Waals surface area contributed by atoms with Gasteiger partial charge in [-0.2, -0.15) is 0 Å². The Labute approximate surface area is 155 Å². The molecule has 0 radical (unpaired) electrons. The molecule has 132 valence electrons. The van der Waals surface area contributed by atoms with Crippen molar-refractivity contribution in [3.63, 3.8) is 0 Å². The Morgan fingerprint density at radius 3 is 2.73 bits per heavy atom. The van der Waals surface area contributed by atoms with Crippen molar-refractivity contribution in [3.05, 3.63) is 71.6 Å². The number of hydrogen-bond donors (Lipinski definition) is 2. The molecule has 0 aliphatic heterocycles. The van der Waals surface area contributed by atoms with Crippen LogP contribution in [0.2, 0.25) is 0 Å². The average Bonchev–Trinajstić information content (AvgIpc) is 3.09. The number of carbonyl (C=O) groups is 1. The third kappa shape index (κ3) is 4.49. The van der Waals surface area contributed by atoms with Gasteiger partial charge in [0.25, 0.3) is 0 Å². The summed E-state index contributed by atoms with van der Waals surface area (Å²) in [5, 5.41) is 14.9. The van der Waals surface area contributed by atoms with Gasteiger partial charge in [-0.15, -0.1) is 11.3 Å². The summed E-state index contributed by atoms with van der Waals surface area (Å²) >= 11 is 1.46. The first-order chi connectivity index (χ1) is 12.5. The molecule has 5 nitrogen and oxygen atoms in total. The molecule has 0 aliphatic rings. The minimum Gasteiger partial charge on any atom is -0.489 e. The lowest BCUT2D eigenvalue weighted by atomic mass is 10.2. The highest BCUT2D eigenvalue weighted by Crippen LogP contribution is 2.28. The molecule has 0 saturated carbocycles. The van der Waals surface area contributed by atoms with E-state index in [0.717, 1.165) is 22.6 Å². The van der Waals surface area contributed by atoms with E-state index in [0.29, 0.717) is 17.4 Å². The largest absolute Gasteiger partial charge is 0.489 e. The van der Waals surface area contributed by atoms with E-state index in [2.05, 4.69) is 16.9 Å². The Bertz CT molecular complexity index is 932. The number of anilines is 2. The molecule has 0 aliphatic carbocycles. The number of aromatic carboxylic acids is 1. The molecule has 0 fully saturated rings. The smallest absolute Gasteiger partial charge is 0.335 e. The number of aromatic nitrogens is 1. The molecule has 0 amide bonds. The summed E-state index contributed by atoms with van der Waals surface area (Å²) in [6.45, 7) is 6.23. The number of benzene rings is 2. The van der Waals surface area contributed by atoms with Crippen molar-refractivity contribution in [2.24, 2.45) is 0 Å². The molecule has 1 aromatic heterocycles. The number of thiazole rings is 1. The first kappa shape index (κ1) is 17.7. The summed E-state index contributed by atoms with van der Waals surface area (Å²) in [6, 6.07) is 14.4. The zero-order valence-corrected chi connectivity index (χ0v) is 15.0. The maximum atomic E-state index is 11.1. The summed E-state index contributed by atoms with van der Waals surface area (Å²) in [7, 11) is 0. The van der Waals surface area contributed by atoms with Gasteiger partial charge in [0, 0.05) is 16.6 Å². The van der Waals surface area contributed by atoms with Crippen molar-refractivity contribution in [3.8, 4) is 17.0 Å². The van der Waals surface area contributed by atoms with Crippen LogP contribution in [0.15, 0.2) is 66.1 Å². The van der Waals surface area contributed by atoms with Crippen molar-refractivity contribution in [1.82, 2.24) is 4.98 Å². The van der Waals surface area contributed by atoms with Crippen LogP contribution in [0.5, 0.6) is 5.75 Å². The maximum absolute atomic E-state index is 11.1. The average molecular weight is 366 g/mol. The van der Waals surface area contributed by atoms with Crippen LogP contribution in [0.25, 0.3) is 11.3 Å². The molecule has 0 spiro atoms. The van der Waals surface area contributed by atoms with Gasteiger partial charge in [0.1, 0.15) is 12.4 Å². The van der Waals surface area contributed by atoms with Crippen LogP contribution in [0.1, 0.15) is 17.3 Å². The van der Waals surface area contributed by atoms with Crippen molar-refractivity contribution < 1.29 is 14.6 Å². The van der Waals surface area contributed by atoms with Crippen LogP contribution < -0.4 is 10.1 Å². The van der Waals surface area contributed by atoms with Gasteiger partial charge in [0.15, 0.2) is 5.13 Å². The van der Waals surface area contributed by atoms with E-state index in [1.54, 1.807) is 24.3 Å². The van der Waals surface area contributed by atoms with Crippen molar-refractivity contribution in [2.75, 3.05) is 11.9 Å². The van der Waals surface area contributed by atoms with Crippen LogP contribution in [0.3, 0.4) is 0 Å². The number of ether oxygens (including phenoxy) is 1. The number of carboxylic acid groups (broad SMARTS) is 1. The zero-order valence-electron chi connectivity index (χ0n) is 14.2. The molecule has 3 rings (SSSR count). The summed E-state index contributed by atoms with van der Waals surface area (Å²) < 4.78 is 5.60. The molecular weight excluding hydrogens is 348 g/mol. The predicted octanol–water partition coefficient (Wildman–Crippen LogP) is 5.21. The minimum absolute atomic E-state index is 0.233. The van der Waals surface area contributed by atoms with E-state index < -0.39 is 5.97 Å². The molecular formula is C20H18N2O3S. The molecule has 3 aromatic rings. The molecule has 6 heteroatoms. The van der Waals surface area contributed by atoms with E-state index in [1.807, 2.05) is 36.6 Å². The first-order valence-electron chi connectivity index (χ1n) is 7.95. The number of carboxylic acids is 1. The van der Waals surface area contributed by atoms with Gasteiger partial charge in [-0.1, -0.05) is 12.6 Å². The Kier molecular flexibility index (Phi) is 5.34. The first-order valence-corrected chi connectivity index (χ1v) is 8.83. The van der Waals surface area contributed by atoms with Gasteiger partial charge >= 0.3 is 5.97 Å².